The molecule has 2 aliphatic carbocycles. The number of methoxy groups -OCH3 is 1. The van der Waals surface area contributed by atoms with E-state index in [1.807, 2.05) is 57.2 Å². The van der Waals surface area contributed by atoms with Gasteiger partial charge in [0.25, 0.3) is 0 Å². The van der Waals surface area contributed by atoms with Crippen LogP contribution in [0.1, 0.15) is 52.1 Å². The Balaban J connectivity index is 1.65. The lowest BCUT2D eigenvalue weighted by molar-refractivity contribution is -0.158. The number of amidine groups is 1. The number of benzene rings is 3. The molecule has 2 fully saturated rings. The van der Waals surface area contributed by atoms with E-state index in [1.54, 1.807) is 0 Å². The molecule has 2 N–H and O–H groups in total. The summed E-state index contributed by atoms with van der Waals surface area (Å²) in [4.78, 5) is 19.3. The van der Waals surface area contributed by atoms with Crippen LogP contribution in [0.5, 0.6) is 5.75 Å². The third-order valence-corrected chi connectivity index (χ3v) is 9.05. The number of aryl methyl sites for hydroxylation is 3. The number of carbonyl (C=O) groups is 1. The topological polar surface area (TPSA) is 80.2 Å². The first-order valence-electron chi connectivity index (χ1n) is 13.4. The molecule has 194 valence electrons. The zero-order chi connectivity index (χ0) is 26.4. The average molecular weight is 509 g/mol. The first-order valence-corrected chi connectivity index (χ1v) is 13.4. The van der Waals surface area contributed by atoms with Crippen molar-refractivity contribution in [3.05, 3.63) is 100 Å². The normalized spacial score (nSPS) is 32.5. The van der Waals surface area contributed by atoms with Gasteiger partial charge >= 0.3 is 5.97 Å². The Bertz CT molecular complexity index is 1500. The molecule has 5 atom stereocenters. The minimum absolute atomic E-state index is 0.234. The highest BCUT2D eigenvalue weighted by Gasteiger charge is 2.86. The lowest BCUT2D eigenvalue weighted by Crippen LogP contribution is -2.62. The van der Waals surface area contributed by atoms with Gasteiger partial charge in [-0.3, -0.25) is 9.79 Å². The van der Waals surface area contributed by atoms with Crippen LogP contribution in [0.4, 0.5) is 0 Å². The summed E-state index contributed by atoms with van der Waals surface area (Å²) in [6.07, 6.45) is 2.00. The van der Waals surface area contributed by atoms with Crippen molar-refractivity contribution < 1.29 is 19.4 Å². The zero-order valence-corrected chi connectivity index (χ0v) is 22.1. The second-order valence-corrected chi connectivity index (χ2v) is 11.4. The molecule has 38 heavy (non-hydrogen) atoms. The van der Waals surface area contributed by atoms with E-state index in [0.29, 0.717) is 5.75 Å². The fourth-order valence-corrected chi connectivity index (χ4v) is 7.48. The van der Waals surface area contributed by atoms with Crippen molar-refractivity contribution in [1.82, 2.24) is 5.32 Å². The van der Waals surface area contributed by atoms with Crippen LogP contribution in [0.25, 0.3) is 0 Å². The number of esters is 1. The largest absolute Gasteiger partial charge is 0.478 e. The van der Waals surface area contributed by atoms with Gasteiger partial charge in [0.1, 0.15) is 17.5 Å². The number of carbonyl (C=O) groups excluding carboxylic acids is 1. The Kier molecular flexibility index (Phi) is 4.76. The molecular formula is C32H32N2O4. The Morgan fingerprint density at radius 1 is 1.03 bits per heavy atom. The second kappa shape index (κ2) is 7.70. The molecule has 0 unspecified atom stereocenters. The number of fused-ring (bicyclic) bond motifs is 1. The zero-order valence-electron chi connectivity index (χ0n) is 22.1. The predicted octanol–water partition coefficient (Wildman–Crippen LogP) is 4.78. The molecule has 2 heterocycles. The van der Waals surface area contributed by atoms with E-state index in [9.17, 15) is 9.90 Å². The molecule has 0 amide bonds. The summed E-state index contributed by atoms with van der Waals surface area (Å²) in [6.45, 7) is 6.14. The van der Waals surface area contributed by atoms with Crippen LogP contribution in [-0.4, -0.2) is 29.7 Å². The molecule has 2 aliphatic heterocycles. The fraction of sp³-hybridized carbons (Fsp3) is 0.375. The highest BCUT2D eigenvalue weighted by molar-refractivity contribution is 5.93. The maximum absolute atomic E-state index is 13.8. The first-order chi connectivity index (χ1) is 18.3. The standard InChI is InChI=1S/C32H32N2O4/c1-18-10-14-23(15-11-18)30-26(21-8-6-5-7-9-21)27(29(35)37-4)32(36)31(30,33-28(34-32)22-12-13-22)25-20(3)16-19(2)17-24(25)38-30/h5-11,14-17,22,26-27,36H,12-13H2,1-4H3,(H,33,34)/t26-,27+,30+,31-,32-/m1/s1. The molecule has 7 rings (SSSR count). The van der Waals surface area contributed by atoms with Crippen LogP contribution in [0.3, 0.4) is 0 Å². The van der Waals surface area contributed by atoms with Gasteiger partial charge in [-0.15, -0.1) is 0 Å². The van der Waals surface area contributed by atoms with Crippen molar-refractivity contribution in [1.29, 1.82) is 0 Å². The molecule has 6 heteroatoms. The molecule has 3 aromatic carbocycles. The van der Waals surface area contributed by atoms with Crippen molar-refractivity contribution in [3.8, 4) is 5.75 Å². The predicted molar refractivity (Wildman–Crippen MR) is 144 cm³/mol. The monoisotopic (exact) mass is 508 g/mol. The van der Waals surface area contributed by atoms with Crippen molar-refractivity contribution in [2.45, 2.75) is 56.4 Å². The maximum atomic E-state index is 13.8. The van der Waals surface area contributed by atoms with Gasteiger partial charge in [0.15, 0.2) is 16.9 Å². The van der Waals surface area contributed by atoms with Gasteiger partial charge in [0, 0.05) is 17.4 Å². The summed E-state index contributed by atoms with van der Waals surface area (Å²) in [6, 6.07) is 22.3. The van der Waals surface area contributed by atoms with E-state index in [2.05, 4.69) is 35.6 Å². The third kappa shape index (κ3) is 2.71. The molecule has 4 aliphatic rings. The van der Waals surface area contributed by atoms with Gasteiger partial charge in [0.2, 0.25) is 0 Å². The number of ether oxygens (including phenoxy) is 2. The summed E-state index contributed by atoms with van der Waals surface area (Å²) in [5, 5.41) is 16.5. The molecule has 0 saturated heterocycles. The summed E-state index contributed by atoms with van der Waals surface area (Å²) >= 11 is 0. The van der Waals surface area contributed by atoms with Crippen LogP contribution in [0.15, 0.2) is 71.7 Å². The minimum Gasteiger partial charge on any atom is -0.478 e. The van der Waals surface area contributed by atoms with Crippen LogP contribution in [0.2, 0.25) is 0 Å². The molecule has 0 bridgehead atoms. The van der Waals surface area contributed by atoms with E-state index in [4.69, 9.17) is 14.5 Å². The lowest BCUT2D eigenvalue weighted by Gasteiger charge is -2.42. The summed E-state index contributed by atoms with van der Waals surface area (Å²) in [5.74, 6) is -0.374. The van der Waals surface area contributed by atoms with E-state index in [0.717, 1.165) is 52.1 Å². The van der Waals surface area contributed by atoms with Crippen LogP contribution < -0.4 is 10.1 Å². The SMILES string of the molecule is COC(=O)[C@@H]1[C@@H](c2ccccc2)[C@]2(c3ccc(C)cc3)Oc3cc(C)cc(C)c3[C@@]23N=C(C2CC2)N[C@@]13O. The van der Waals surface area contributed by atoms with Crippen molar-refractivity contribution in [2.24, 2.45) is 16.8 Å². The Labute approximate surface area is 222 Å². The van der Waals surface area contributed by atoms with Crippen LogP contribution >= 0.6 is 0 Å². The van der Waals surface area contributed by atoms with Gasteiger partial charge in [-0.05, 0) is 61.9 Å². The van der Waals surface area contributed by atoms with Crippen LogP contribution in [0, 0.1) is 32.6 Å². The Morgan fingerprint density at radius 2 is 1.74 bits per heavy atom. The summed E-state index contributed by atoms with van der Waals surface area (Å²) in [5.41, 5.74) is 1.47. The highest BCUT2D eigenvalue weighted by Crippen LogP contribution is 2.75. The van der Waals surface area contributed by atoms with Crippen LogP contribution in [-0.2, 0) is 20.7 Å². The Hall–Kier alpha value is -3.64. The molecule has 6 nitrogen and oxygen atoms in total. The second-order valence-electron chi connectivity index (χ2n) is 11.4. The Morgan fingerprint density at radius 3 is 2.39 bits per heavy atom. The molecule has 2 saturated carbocycles. The number of nitrogens with zero attached hydrogens (tertiary/aromatic N) is 1. The van der Waals surface area contributed by atoms with Gasteiger partial charge in [-0.2, -0.15) is 0 Å². The molecular weight excluding hydrogens is 476 g/mol. The molecule has 0 radical (unpaired) electrons. The molecule has 1 spiro atoms. The fourth-order valence-electron chi connectivity index (χ4n) is 7.48. The average Bonchev–Trinajstić information content (AvgIpc) is 3.61. The third-order valence-electron chi connectivity index (χ3n) is 9.05. The van der Waals surface area contributed by atoms with Gasteiger partial charge < -0.3 is 19.9 Å². The van der Waals surface area contributed by atoms with Gasteiger partial charge in [-0.25, -0.2) is 0 Å². The smallest absolute Gasteiger partial charge is 0.314 e. The maximum Gasteiger partial charge on any atom is 0.314 e. The number of rotatable bonds is 4. The number of aliphatic hydroxyl groups is 1. The van der Waals surface area contributed by atoms with E-state index < -0.39 is 34.7 Å². The van der Waals surface area contributed by atoms with E-state index >= 15 is 0 Å². The van der Waals surface area contributed by atoms with Crippen molar-refractivity contribution in [2.75, 3.05) is 7.11 Å². The molecule has 3 aromatic rings. The molecule has 0 aromatic heterocycles. The van der Waals surface area contributed by atoms with Gasteiger partial charge in [0.05, 0.1) is 7.11 Å². The minimum atomic E-state index is -1.77. The summed E-state index contributed by atoms with van der Waals surface area (Å²) < 4.78 is 12.6. The first kappa shape index (κ1) is 23.5. The number of aliphatic imine (C=N–C) groups is 1. The van der Waals surface area contributed by atoms with E-state index in [-0.39, 0.29) is 5.92 Å². The number of nitrogens with one attached hydrogen (secondary N) is 1. The summed E-state index contributed by atoms with van der Waals surface area (Å²) in [7, 11) is 1.38. The number of hydrogen-bond acceptors (Lipinski definition) is 6. The van der Waals surface area contributed by atoms with Crippen molar-refractivity contribution >= 4 is 11.8 Å². The quantitative estimate of drug-likeness (QED) is 0.496. The lowest BCUT2D eigenvalue weighted by atomic mass is 9.68. The van der Waals surface area contributed by atoms with E-state index in [1.165, 1.54) is 7.11 Å². The van der Waals surface area contributed by atoms with Gasteiger partial charge in [-0.1, -0.05) is 66.2 Å². The van der Waals surface area contributed by atoms with Crippen molar-refractivity contribution in [3.63, 3.8) is 0 Å². The number of hydrogen-bond donors (Lipinski definition) is 2. The highest BCUT2D eigenvalue weighted by atomic mass is 16.5.